The van der Waals surface area contributed by atoms with Crippen LogP contribution in [0.2, 0.25) is 0 Å². The summed E-state index contributed by atoms with van der Waals surface area (Å²) in [5, 5.41) is 5.28. The third kappa shape index (κ3) is 0.759. The molecule has 2 heteroatoms. The van der Waals surface area contributed by atoms with Crippen LogP contribution in [0.4, 0.5) is 0 Å². The van der Waals surface area contributed by atoms with Gasteiger partial charge in [-0.1, -0.05) is 0 Å². The van der Waals surface area contributed by atoms with Gasteiger partial charge in [-0.2, -0.15) is 0 Å². The normalized spacial score (nSPS) is 45.0. The van der Waals surface area contributed by atoms with E-state index >= 15 is 0 Å². The highest BCUT2D eigenvalue weighted by atomic mass is 32.2. The Balaban J connectivity index is 2.03. The van der Waals surface area contributed by atoms with E-state index in [2.05, 4.69) is 17.1 Å². The maximum atomic E-state index is 3.48. The fraction of sp³-hybridized carbons (Fsp3) is 1.00. The molecule has 0 aromatic heterocycles. The third-order valence-electron chi connectivity index (χ3n) is 1.92. The second kappa shape index (κ2) is 1.92. The van der Waals surface area contributed by atoms with Crippen molar-refractivity contribution in [2.24, 2.45) is 0 Å². The van der Waals surface area contributed by atoms with Crippen LogP contribution in [-0.4, -0.2) is 17.2 Å². The number of hydrogen-bond donors (Lipinski definition) is 1. The Morgan fingerprint density at radius 3 is 3.12 bits per heavy atom. The second-order valence-electron chi connectivity index (χ2n) is 2.59. The van der Waals surface area contributed by atoms with Gasteiger partial charge in [0.25, 0.3) is 0 Å². The molecule has 0 spiro atoms. The average Bonchev–Trinajstić information content (AvgIpc) is 2.12. The lowest BCUT2D eigenvalue weighted by molar-refractivity contribution is 0.664. The summed E-state index contributed by atoms with van der Waals surface area (Å²) in [6, 6.07) is 0. The molecule has 2 heterocycles. The van der Waals surface area contributed by atoms with Crippen LogP contribution < -0.4 is 5.32 Å². The molecule has 2 atom stereocenters. The first-order chi connectivity index (χ1) is 3.95. The second-order valence-corrected chi connectivity index (χ2v) is 4.09. The first-order valence-electron chi connectivity index (χ1n) is 3.34. The fourth-order valence-electron chi connectivity index (χ4n) is 1.46. The Labute approximate surface area is 54.2 Å². The average molecular weight is 129 g/mol. The molecule has 0 aromatic carbocycles. The van der Waals surface area contributed by atoms with E-state index in [-0.39, 0.29) is 0 Å². The lowest BCUT2D eigenvalue weighted by Crippen LogP contribution is -2.17. The first kappa shape index (κ1) is 5.12. The summed E-state index contributed by atoms with van der Waals surface area (Å²) in [6.45, 7) is 1.27. The van der Waals surface area contributed by atoms with Crippen LogP contribution in [0.5, 0.6) is 0 Å². The number of nitrogens with one attached hydrogen (secondary N) is 1. The molecule has 8 heavy (non-hydrogen) atoms. The summed E-state index contributed by atoms with van der Waals surface area (Å²) in [5.41, 5.74) is 0. The largest absolute Gasteiger partial charge is 0.304 e. The SMILES string of the molecule is C1CC2CNC(C1)S2. The molecule has 2 aliphatic rings. The van der Waals surface area contributed by atoms with Gasteiger partial charge in [-0.25, -0.2) is 0 Å². The van der Waals surface area contributed by atoms with E-state index in [1.165, 1.54) is 25.8 Å². The van der Waals surface area contributed by atoms with Crippen LogP contribution >= 0.6 is 11.8 Å². The van der Waals surface area contributed by atoms with Crippen LogP contribution in [0.1, 0.15) is 19.3 Å². The van der Waals surface area contributed by atoms with Crippen molar-refractivity contribution in [3.8, 4) is 0 Å². The maximum absolute atomic E-state index is 3.48. The molecule has 0 aromatic rings. The Morgan fingerprint density at radius 2 is 2.38 bits per heavy atom. The Kier molecular flexibility index (Phi) is 1.23. The number of thioether (sulfide) groups is 1. The highest BCUT2D eigenvalue weighted by Crippen LogP contribution is 2.34. The van der Waals surface area contributed by atoms with Gasteiger partial charge in [0.05, 0.1) is 5.37 Å². The molecule has 2 unspecified atom stereocenters. The van der Waals surface area contributed by atoms with Crippen molar-refractivity contribution >= 4 is 11.8 Å². The zero-order chi connectivity index (χ0) is 5.40. The van der Waals surface area contributed by atoms with Gasteiger partial charge < -0.3 is 5.32 Å². The Morgan fingerprint density at radius 1 is 1.38 bits per heavy atom. The number of fused-ring (bicyclic) bond motifs is 2. The summed E-state index contributed by atoms with van der Waals surface area (Å²) in [7, 11) is 0. The topological polar surface area (TPSA) is 12.0 Å². The molecule has 2 aliphatic heterocycles. The molecule has 0 amide bonds. The highest BCUT2D eigenvalue weighted by molar-refractivity contribution is 8.00. The van der Waals surface area contributed by atoms with E-state index in [0.717, 1.165) is 10.6 Å². The van der Waals surface area contributed by atoms with E-state index in [9.17, 15) is 0 Å². The first-order valence-corrected chi connectivity index (χ1v) is 4.28. The van der Waals surface area contributed by atoms with Crippen LogP contribution in [0.3, 0.4) is 0 Å². The highest BCUT2D eigenvalue weighted by Gasteiger charge is 2.27. The zero-order valence-electron chi connectivity index (χ0n) is 4.89. The van der Waals surface area contributed by atoms with Crippen molar-refractivity contribution in [3.63, 3.8) is 0 Å². The van der Waals surface area contributed by atoms with Crippen LogP contribution in [0.15, 0.2) is 0 Å². The van der Waals surface area contributed by atoms with E-state index in [1.807, 2.05) is 0 Å². The van der Waals surface area contributed by atoms with E-state index in [0.29, 0.717) is 0 Å². The van der Waals surface area contributed by atoms with Gasteiger partial charge in [0.1, 0.15) is 0 Å². The summed E-state index contributed by atoms with van der Waals surface area (Å²) in [5.74, 6) is 0. The van der Waals surface area contributed by atoms with Gasteiger partial charge in [0.15, 0.2) is 0 Å². The summed E-state index contributed by atoms with van der Waals surface area (Å²) < 4.78 is 0. The number of hydrogen-bond acceptors (Lipinski definition) is 2. The van der Waals surface area contributed by atoms with Crippen molar-refractivity contribution in [2.45, 2.75) is 29.9 Å². The molecule has 1 N–H and O–H groups in total. The lowest BCUT2D eigenvalue weighted by Gasteiger charge is -2.15. The third-order valence-corrected chi connectivity index (χ3v) is 3.44. The van der Waals surface area contributed by atoms with E-state index in [1.54, 1.807) is 0 Å². The van der Waals surface area contributed by atoms with E-state index in [4.69, 9.17) is 0 Å². The molecule has 2 saturated heterocycles. The van der Waals surface area contributed by atoms with Crippen molar-refractivity contribution < 1.29 is 0 Å². The van der Waals surface area contributed by atoms with Gasteiger partial charge >= 0.3 is 0 Å². The van der Waals surface area contributed by atoms with Gasteiger partial charge in [-0.3, -0.25) is 0 Å². The minimum atomic E-state index is 0.828. The molecule has 1 nitrogen and oxygen atoms in total. The molecule has 0 radical (unpaired) electrons. The van der Waals surface area contributed by atoms with Crippen LogP contribution in [0, 0.1) is 0 Å². The molecular weight excluding hydrogens is 118 g/mol. The van der Waals surface area contributed by atoms with Crippen molar-refractivity contribution in [3.05, 3.63) is 0 Å². The Bertz CT molecular complexity index is 80.5. The van der Waals surface area contributed by atoms with Crippen molar-refractivity contribution in [1.29, 1.82) is 0 Å². The Hall–Kier alpha value is 0.310. The predicted molar refractivity (Wildman–Crippen MR) is 37.0 cm³/mol. The smallest absolute Gasteiger partial charge is 0.0535 e. The van der Waals surface area contributed by atoms with Gasteiger partial charge in [0, 0.05) is 11.8 Å². The molecule has 0 saturated carbocycles. The maximum Gasteiger partial charge on any atom is 0.0535 e. The molecule has 2 fully saturated rings. The standard InChI is InChI=1S/C6H11NS/c1-2-5-4-7-6(3-1)8-5/h5-7H,1-4H2. The number of rotatable bonds is 0. The zero-order valence-corrected chi connectivity index (χ0v) is 5.71. The molecule has 2 rings (SSSR count). The van der Waals surface area contributed by atoms with Gasteiger partial charge in [-0.05, 0) is 19.3 Å². The van der Waals surface area contributed by atoms with Crippen molar-refractivity contribution in [2.75, 3.05) is 6.54 Å². The summed E-state index contributed by atoms with van der Waals surface area (Å²) in [4.78, 5) is 0. The quantitative estimate of drug-likeness (QED) is 0.527. The van der Waals surface area contributed by atoms with Crippen molar-refractivity contribution in [1.82, 2.24) is 5.32 Å². The monoisotopic (exact) mass is 129 g/mol. The fourth-order valence-corrected chi connectivity index (χ4v) is 2.92. The van der Waals surface area contributed by atoms with E-state index < -0.39 is 0 Å². The minimum absolute atomic E-state index is 0.828. The summed E-state index contributed by atoms with van der Waals surface area (Å²) in [6.07, 6.45) is 4.31. The summed E-state index contributed by atoms with van der Waals surface area (Å²) >= 11 is 2.14. The molecule has 2 bridgehead atoms. The molecule has 0 aliphatic carbocycles. The molecule has 46 valence electrons. The minimum Gasteiger partial charge on any atom is -0.304 e. The van der Waals surface area contributed by atoms with Gasteiger partial charge in [-0.15, -0.1) is 11.8 Å². The lowest BCUT2D eigenvalue weighted by atomic mass is 10.2. The van der Waals surface area contributed by atoms with Crippen LogP contribution in [0.25, 0.3) is 0 Å². The molecular formula is C6H11NS. The van der Waals surface area contributed by atoms with Gasteiger partial charge in [0.2, 0.25) is 0 Å². The predicted octanol–water partition coefficient (Wildman–Crippen LogP) is 1.20. The van der Waals surface area contributed by atoms with Crippen LogP contribution in [-0.2, 0) is 0 Å².